The first-order valence-electron chi connectivity index (χ1n) is 10.8. The van der Waals surface area contributed by atoms with Crippen LogP contribution < -0.4 is 10.6 Å². The lowest BCUT2D eigenvalue weighted by atomic mass is 9.88. The number of hydrogen-bond acceptors (Lipinski definition) is 2. The molecule has 0 unspecified atom stereocenters. The van der Waals surface area contributed by atoms with E-state index in [4.69, 9.17) is 0 Å². The Morgan fingerprint density at radius 1 is 1.09 bits per heavy atom. The smallest absolute Gasteiger partial charge is 0.338 e. The van der Waals surface area contributed by atoms with E-state index in [0.717, 1.165) is 18.6 Å². The summed E-state index contributed by atoms with van der Waals surface area (Å²) in [5, 5.41) is 5.73. The first kappa shape index (κ1) is 22.2. The van der Waals surface area contributed by atoms with Crippen molar-refractivity contribution >= 4 is 17.6 Å². The maximum Gasteiger partial charge on any atom is 0.416 e. The van der Waals surface area contributed by atoms with Crippen molar-refractivity contribution in [2.75, 3.05) is 11.9 Å². The van der Waals surface area contributed by atoms with Crippen LogP contribution in [0.25, 0.3) is 0 Å². The van der Waals surface area contributed by atoms with Crippen LogP contribution in [0.15, 0.2) is 54.6 Å². The van der Waals surface area contributed by atoms with E-state index in [1.54, 1.807) is 4.90 Å². The summed E-state index contributed by atoms with van der Waals surface area (Å²) < 4.78 is 38.4. The molecular weight excluding hydrogens is 419 g/mol. The molecular formula is C24H26F3N3O2. The molecule has 2 aromatic rings. The largest absolute Gasteiger partial charge is 0.416 e. The second-order valence-electron chi connectivity index (χ2n) is 8.73. The van der Waals surface area contributed by atoms with Gasteiger partial charge < -0.3 is 15.5 Å². The number of carbonyl (C=O) groups excluding carboxylic acids is 2. The quantitative estimate of drug-likeness (QED) is 0.688. The lowest BCUT2D eigenvalue weighted by Gasteiger charge is -2.25. The lowest BCUT2D eigenvalue weighted by molar-refractivity contribution is -0.137. The molecule has 0 spiro atoms. The van der Waals surface area contributed by atoms with E-state index in [2.05, 4.69) is 17.6 Å². The van der Waals surface area contributed by atoms with Gasteiger partial charge in [0.25, 0.3) is 0 Å². The number of anilines is 1. The highest BCUT2D eigenvalue weighted by molar-refractivity contribution is 5.89. The average Bonchev–Trinajstić information content (AvgIpc) is 3.20. The van der Waals surface area contributed by atoms with Crippen molar-refractivity contribution in [3.8, 4) is 0 Å². The predicted octanol–water partition coefficient (Wildman–Crippen LogP) is 4.90. The molecule has 32 heavy (non-hydrogen) atoms. The van der Waals surface area contributed by atoms with E-state index in [1.807, 2.05) is 30.3 Å². The second-order valence-corrected chi connectivity index (χ2v) is 8.73. The van der Waals surface area contributed by atoms with Gasteiger partial charge in [-0.3, -0.25) is 4.79 Å². The van der Waals surface area contributed by atoms with Crippen molar-refractivity contribution in [2.24, 2.45) is 17.8 Å². The molecule has 4 rings (SSSR count). The maximum absolute atomic E-state index is 12.8. The van der Waals surface area contributed by atoms with Gasteiger partial charge in [0, 0.05) is 31.2 Å². The molecule has 5 nitrogen and oxygen atoms in total. The van der Waals surface area contributed by atoms with Gasteiger partial charge in [0.15, 0.2) is 0 Å². The molecule has 8 heteroatoms. The van der Waals surface area contributed by atoms with Crippen molar-refractivity contribution in [3.63, 3.8) is 0 Å². The van der Waals surface area contributed by atoms with E-state index >= 15 is 0 Å². The second kappa shape index (κ2) is 8.84. The zero-order chi connectivity index (χ0) is 22.9. The van der Waals surface area contributed by atoms with E-state index < -0.39 is 11.7 Å². The minimum atomic E-state index is -4.37. The molecule has 2 aliphatic rings. The molecule has 2 fully saturated rings. The fourth-order valence-corrected chi connectivity index (χ4v) is 5.05. The van der Waals surface area contributed by atoms with E-state index in [9.17, 15) is 22.8 Å². The molecule has 2 N–H and O–H groups in total. The Morgan fingerprint density at radius 2 is 1.78 bits per heavy atom. The third-order valence-corrected chi connectivity index (χ3v) is 6.68. The van der Waals surface area contributed by atoms with Gasteiger partial charge >= 0.3 is 12.2 Å². The third kappa shape index (κ3) is 4.74. The molecule has 2 aromatic carbocycles. The summed E-state index contributed by atoms with van der Waals surface area (Å²) >= 11 is 0. The summed E-state index contributed by atoms with van der Waals surface area (Å²) in [6.45, 7) is 2.91. The van der Waals surface area contributed by atoms with Crippen LogP contribution in [0, 0.1) is 17.8 Å². The van der Waals surface area contributed by atoms with Crippen molar-refractivity contribution in [1.82, 2.24) is 10.2 Å². The summed E-state index contributed by atoms with van der Waals surface area (Å²) in [5.74, 6) is 0.641. The molecule has 4 atom stereocenters. The van der Waals surface area contributed by atoms with Crippen molar-refractivity contribution in [2.45, 2.75) is 38.5 Å². The van der Waals surface area contributed by atoms with Gasteiger partial charge in [0.05, 0.1) is 5.56 Å². The minimum absolute atomic E-state index is 0.0190. The predicted molar refractivity (Wildman–Crippen MR) is 115 cm³/mol. The Morgan fingerprint density at radius 3 is 2.44 bits per heavy atom. The number of amides is 3. The summed E-state index contributed by atoms with van der Waals surface area (Å²) in [4.78, 5) is 26.8. The third-order valence-electron chi connectivity index (χ3n) is 6.68. The number of carbonyl (C=O) groups is 2. The molecule has 1 saturated heterocycles. The van der Waals surface area contributed by atoms with Gasteiger partial charge in [-0.2, -0.15) is 13.2 Å². The van der Waals surface area contributed by atoms with Gasteiger partial charge in [0.1, 0.15) is 0 Å². The molecule has 170 valence electrons. The zero-order valence-corrected chi connectivity index (χ0v) is 17.7. The van der Waals surface area contributed by atoms with Gasteiger partial charge in [-0.1, -0.05) is 37.3 Å². The fraction of sp³-hybridized carbons (Fsp3) is 0.417. The molecule has 0 bridgehead atoms. The number of halogens is 3. The number of benzene rings is 2. The van der Waals surface area contributed by atoms with Crippen LogP contribution in [-0.2, 0) is 17.5 Å². The summed E-state index contributed by atoms with van der Waals surface area (Å²) in [7, 11) is 0. The Hall–Kier alpha value is -3.03. The summed E-state index contributed by atoms with van der Waals surface area (Å²) in [6, 6.07) is 13.9. The molecule has 0 aromatic heterocycles. The minimum Gasteiger partial charge on any atom is -0.338 e. The number of hydrogen-bond donors (Lipinski definition) is 2. The number of alkyl halides is 3. The van der Waals surface area contributed by atoms with Crippen LogP contribution in [0.1, 0.15) is 30.9 Å². The number of fused-ring (bicyclic) bond motifs is 1. The highest BCUT2D eigenvalue weighted by Gasteiger charge is 2.50. The standard InChI is InChI=1S/C24H26F3N3O2/c1-15-11-21-19(20(15)13-28-23(32)29-18-5-3-2-4-6-18)12-22(31)30(21)14-16-7-9-17(10-8-16)24(25,26)27/h2-10,15,19-21H,11-14H2,1H3,(H2,28,29,32)/t15-,19-,20+,21+/m0/s1. The van der Waals surface area contributed by atoms with Crippen LogP contribution in [0.2, 0.25) is 0 Å². The first-order chi connectivity index (χ1) is 15.2. The van der Waals surface area contributed by atoms with Crippen LogP contribution in [-0.4, -0.2) is 29.4 Å². The van der Waals surface area contributed by atoms with E-state index in [1.165, 1.54) is 12.1 Å². The molecule has 1 aliphatic heterocycles. The van der Waals surface area contributed by atoms with Crippen LogP contribution in [0.4, 0.5) is 23.7 Å². The highest BCUT2D eigenvalue weighted by atomic mass is 19.4. The number of nitrogens with zero attached hydrogens (tertiary/aromatic N) is 1. The van der Waals surface area contributed by atoms with Gasteiger partial charge in [0.2, 0.25) is 5.91 Å². The van der Waals surface area contributed by atoms with Crippen molar-refractivity contribution in [3.05, 3.63) is 65.7 Å². The fourth-order valence-electron chi connectivity index (χ4n) is 5.05. The monoisotopic (exact) mass is 445 g/mol. The van der Waals surface area contributed by atoms with Crippen LogP contribution in [0.3, 0.4) is 0 Å². The summed E-state index contributed by atoms with van der Waals surface area (Å²) in [6.07, 6.45) is -3.15. The van der Waals surface area contributed by atoms with E-state index in [0.29, 0.717) is 36.7 Å². The lowest BCUT2D eigenvalue weighted by Crippen LogP contribution is -2.36. The molecule has 3 amide bonds. The number of para-hydroxylation sites is 1. The average molecular weight is 445 g/mol. The molecule has 1 aliphatic carbocycles. The zero-order valence-electron chi connectivity index (χ0n) is 17.7. The molecule has 1 heterocycles. The number of nitrogens with one attached hydrogen (secondary N) is 2. The Balaban J connectivity index is 1.36. The van der Waals surface area contributed by atoms with Crippen LogP contribution in [0.5, 0.6) is 0 Å². The Bertz CT molecular complexity index is 963. The number of rotatable bonds is 5. The van der Waals surface area contributed by atoms with Crippen LogP contribution >= 0.6 is 0 Å². The number of urea groups is 1. The molecule has 1 saturated carbocycles. The Labute approximate surface area is 185 Å². The highest BCUT2D eigenvalue weighted by Crippen LogP contribution is 2.46. The topological polar surface area (TPSA) is 61.4 Å². The van der Waals surface area contributed by atoms with Crippen molar-refractivity contribution < 1.29 is 22.8 Å². The van der Waals surface area contributed by atoms with Gasteiger partial charge in [-0.15, -0.1) is 0 Å². The molecule has 0 radical (unpaired) electrons. The van der Waals surface area contributed by atoms with Gasteiger partial charge in [-0.25, -0.2) is 4.79 Å². The van der Waals surface area contributed by atoms with Crippen molar-refractivity contribution in [1.29, 1.82) is 0 Å². The number of likely N-dealkylation sites (tertiary alicyclic amines) is 1. The normalized spacial score (nSPS) is 25.0. The van der Waals surface area contributed by atoms with Gasteiger partial charge in [-0.05, 0) is 54.0 Å². The summed E-state index contributed by atoms with van der Waals surface area (Å²) in [5.41, 5.74) is 0.700. The first-order valence-corrected chi connectivity index (χ1v) is 10.8. The van der Waals surface area contributed by atoms with E-state index in [-0.39, 0.29) is 29.8 Å². The maximum atomic E-state index is 12.8. The SMILES string of the molecule is C[C@H]1C[C@@H]2[C@@H](CC(=O)N2Cc2ccc(C(F)(F)F)cc2)[C@@H]1CNC(=O)Nc1ccccc1. The Kier molecular flexibility index (Phi) is 6.13.